The van der Waals surface area contributed by atoms with Crippen molar-refractivity contribution < 1.29 is 19.6 Å². The molecule has 0 heterocycles. The van der Waals surface area contributed by atoms with Crippen LogP contribution in [0.15, 0.2) is 24.3 Å². The summed E-state index contributed by atoms with van der Waals surface area (Å²) in [7, 11) is -1.29. The van der Waals surface area contributed by atoms with Gasteiger partial charge < -0.3 is 20.1 Å². The second-order valence-electron chi connectivity index (χ2n) is 5.08. The summed E-state index contributed by atoms with van der Waals surface area (Å²) in [6, 6.07) is 7.02. The molecule has 1 aromatic carbocycles. The molecule has 0 radical (unpaired) electrons. The first-order valence-electron chi connectivity index (χ1n) is 7.53. The minimum atomic E-state index is -1.29. The molecule has 0 bridgehead atoms. The van der Waals surface area contributed by atoms with Crippen LogP contribution in [-0.2, 0) is 16.1 Å². The highest BCUT2D eigenvalue weighted by molar-refractivity contribution is 6.40. The number of benzene rings is 1. The van der Waals surface area contributed by atoms with Crippen molar-refractivity contribution in [2.45, 2.75) is 45.1 Å². The Morgan fingerprint density at radius 3 is 2.59 bits per heavy atom. The first-order chi connectivity index (χ1) is 10.5. The highest BCUT2D eigenvalue weighted by Crippen LogP contribution is 2.11. The molecule has 0 aromatic heterocycles. The smallest absolute Gasteiger partial charge is 0.451 e. The second kappa shape index (κ2) is 10.6. The zero-order chi connectivity index (χ0) is 16.4. The van der Waals surface area contributed by atoms with Crippen molar-refractivity contribution in [1.82, 2.24) is 5.32 Å². The van der Waals surface area contributed by atoms with Gasteiger partial charge in [0.05, 0.1) is 6.61 Å². The van der Waals surface area contributed by atoms with Crippen LogP contribution in [0.5, 0.6) is 0 Å². The SMILES string of the molecule is CCOC(=O)C(CCCCB(O)O)NCc1ccc(Cl)cc1. The van der Waals surface area contributed by atoms with Gasteiger partial charge >= 0.3 is 13.1 Å². The largest absolute Gasteiger partial charge is 0.465 e. The molecular weight excluding hydrogens is 304 g/mol. The monoisotopic (exact) mass is 327 g/mol. The van der Waals surface area contributed by atoms with Crippen LogP contribution < -0.4 is 5.32 Å². The van der Waals surface area contributed by atoms with Gasteiger partial charge in [0.2, 0.25) is 0 Å². The third kappa shape index (κ3) is 7.80. The quantitative estimate of drug-likeness (QED) is 0.348. The van der Waals surface area contributed by atoms with Crippen molar-refractivity contribution in [1.29, 1.82) is 0 Å². The Labute approximate surface area is 136 Å². The summed E-state index contributed by atoms with van der Waals surface area (Å²) in [6.45, 7) is 2.66. The normalized spacial score (nSPS) is 12.0. The molecule has 0 aliphatic carbocycles. The Hall–Kier alpha value is -1.08. The maximum atomic E-state index is 11.9. The fourth-order valence-electron chi connectivity index (χ4n) is 2.06. The van der Waals surface area contributed by atoms with Gasteiger partial charge in [-0.25, -0.2) is 0 Å². The first kappa shape index (κ1) is 19.0. The van der Waals surface area contributed by atoms with Crippen molar-refractivity contribution in [2.24, 2.45) is 0 Å². The standard InChI is InChI=1S/C15H23BClNO4/c1-2-22-15(19)14(5-3-4-10-16(20)21)18-11-12-6-8-13(17)9-7-12/h6-9,14,18,20-21H,2-5,10-11H2,1H3. The van der Waals surface area contributed by atoms with Crippen LogP contribution in [-0.4, -0.2) is 35.8 Å². The first-order valence-corrected chi connectivity index (χ1v) is 7.91. The number of rotatable bonds is 10. The van der Waals surface area contributed by atoms with E-state index >= 15 is 0 Å². The van der Waals surface area contributed by atoms with E-state index in [1.54, 1.807) is 19.1 Å². The number of halogens is 1. The molecule has 3 N–H and O–H groups in total. The van der Waals surface area contributed by atoms with Crippen LogP contribution in [0.4, 0.5) is 0 Å². The Bertz CT molecular complexity index is 442. The molecule has 1 unspecified atom stereocenters. The molecule has 122 valence electrons. The van der Waals surface area contributed by atoms with Crippen LogP contribution in [0.25, 0.3) is 0 Å². The van der Waals surface area contributed by atoms with E-state index < -0.39 is 13.2 Å². The summed E-state index contributed by atoms with van der Waals surface area (Å²) in [5.74, 6) is -0.277. The van der Waals surface area contributed by atoms with Gasteiger partial charge in [-0.3, -0.25) is 4.79 Å². The molecule has 1 rings (SSSR count). The number of esters is 1. The van der Waals surface area contributed by atoms with E-state index in [2.05, 4.69) is 5.32 Å². The molecule has 0 aliphatic rings. The van der Waals surface area contributed by atoms with Gasteiger partial charge in [-0.05, 0) is 37.4 Å². The van der Waals surface area contributed by atoms with Crippen LogP contribution in [0.3, 0.4) is 0 Å². The third-order valence-electron chi connectivity index (χ3n) is 3.24. The summed E-state index contributed by atoms with van der Waals surface area (Å²) in [5, 5.41) is 21.5. The van der Waals surface area contributed by atoms with Crippen molar-refractivity contribution in [3.63, 3.8) is 0 Å². The lowest BCUT2D eigenvalue weighted by Gasteiger charge is -2.17. The molecule has 0 saturated heterocycles. The van der Waals surface area contributed by atoms with Gasteiger partial charge in [-0.2, -0.15) is 0 Å². The molecule has 7 heteroatoms. The maximum absolute atomic E-state index is 11.9. The highest BCUT2D eigenvalue weighted by Gasteiger charge is 2.19. The van der Waals surface area contributed by atoms with Gasteiger partial charge in [0, 0.05) is 11.6 Å². The average Bonchev–Trinajstić information content (AvgIpc) is 2.48. The third-order valence-corrected chi connectivity index (χ3v) is 3.49. The zero-order valence-corrected chi connectivity index (χ0v) is 13.6. The number of hydrogen-bond donors (Lipinski definition) is 3. The molecule has 0 amide bonds. The van der Waals surface area contributed by atoms with E-state index in [4.69, 9.17) is 26.4 Å². The number of nitrogens with one attached hydrogen (secondary N) is 1. The molecule has 1 atom stereocenters. The van der Waals surface area contributed by atoms with E-state index in [9.17, 15) is 4.79 Å². The number of unbranched alkanes of at least 4 members (excludes halogenated alkanes) is 1. The number of carbonyl (C=O) groups is 1. The minimum Gasteiger partial charge on any atom is -0.465 e. The lowest BCUT2D eigenvalue weighted by molar-refractivity contribution is -0.145. The molecule has 22 heavy (non-hydrogen) atoms. The summed E-state index contributed by atoms with van der Waals surface area (Å²) in [5.41, 5.74) is 1.03. The van der Waals surface area contributed by atoms with Gasteiger partial charge in [0.1, 0.15) is 6.04 Å². The fourth-order valence-corrected chi connectivity index (χ4v) is 2.19. The van der Waals surface area contributed by atoms with Gasteiger partial charge in [0.15, 0.2) is 0 Å². The van der Waals surface area contributed by atoms with Gasteiger partial charge in [0.25, 0.3) is 0 Å². The molecule has 0 spiro atoms. The number of hydrogen-bond acceptors (Lipinski definition) is 5. The van der Waals surface area contributed by atoms with E-state index in [1.807, 2.05) is 12.1 Å². The number of ether oxygens (including phenoxy) is 1. The molecule has 5 nitrogen and oxygen atoms in total. The van der Waals surface area contributed by atoms with Crippen LogP contribution in [0.2, 0.25) is 11.3 Å². The van der Waals surface area contributed by atoms with Gasteiger partial charge in [-0.15, -0.1) is 0 Å². The van der Waals surface area contributed by atoms with Crippen LogP contribution >= 0.6 is 11.6 Å². The van der Waals surface area contributed by atoms with E-state index in [0.717, 1.165) is 5.56 Å². The summed E-state index contributed by atoms with van der Waals surface area (Å²) >= 11 is 5.84. The topological polar surface area (TPSA) is 78.8 Å². The van der Waals surface area contributed by atoms with Crippen molar-refractivity contribution in [2.75, 3.05) is 6.61 Å². The Balaban J connectivity index is 2.46. The molecule has 0 aliphatic heterocycles. The molecule has 1 aromatic rings. The zero-order valence-electron chi connectivity index (χ0n) is 12.8. The highest BCUT2D eigenvalue weighted by atomic mass is 35.5. The minimum absolute atomic E-state index is 0.277. The lowest BCUT2D eigenvalue weighted by Crippen LogP contribution is -2.37. The van der Waals surface area contributed by atoms with E-state index in [1.165, 1.54) is 0 Å². The fraction of sp³-hybridized carbons (Fsp3) is 0.533. The van der Waals surface area contributed by atoms with Crippen LogP contribution in [0, 0.1) is 0 Å². The summed E-state index contributed by atoms with van der Waals surface area (Å²) in [6.07, 6.45) is 2.27. The Kier molecular flexibility index (Phi) is 9.16. The van der Waals surface area contributed by atoms with Crippen molar-refractivity contribution >= 4 is 24.7 Å². The predicted molar refractivity (Wildman–Crippen MR) is 87.6 cm³/mol. The van der Waals surface area contributed by atoms with Crippen molar-refractivity contribution in [3.8, 4) is 0 Å². The summed E-state index contributed by atoms with van der Waals surface area (Å²) in [4.78, 5) is 11.9. The average molecular weight is 328 g/mol. The van der Waals surface area contributed by atoms with Crippen LogP contribution in [0.1, 0.15) is 31.7 Å². The van der Waals surface area contributed by atoms with Gasteiger partial charge in [-0.1, -0.05) is 36.6 Å². The second-order valence-corrected chi connectivity index (χ2v) is 5.51. The Morgan fingerprint density at radius 1 is 1.32 bits per heavy atom. The van der Waals surface area contributed by atoms with E-state index in [-0.39, 0.29) is 5.97 Å². The predicted octanol–water partition coefficient (Wildman–Crippen LogP) is 2.00. The Morgan fingerprint density at radius 2 is 2.00 bits per heavy atom. The number of carbonyl (C=O) groups excluding carboxylic acids is 1. The molecule has 0 fully saturated rings. The molecular formula is C15H23BClNO4. The molecule has 0 saturated carbocycles. The summed E-state index contributed by atoms with van der Waals surface area (Å²) < 4.78 is 5.07. The van der Waals surface area contributed by atoms with Crippen molar-refractivity contribution in [3.05, 3.63) is 34.9 Å². The van der Waals surface area contributed by atoms with E-state index in [0.29, 0.717) is 43.8 Å². The lowest BCUT2D eigenvalue weighted by atomic mass is 9.83. The maximum Gasteiger partial charge on any atom is 0.451 e.